The third kappa shape index (κ3) is 5.01. The van der Waals surface area contributed by atoms with Crippen molar-refractivity contribution in [2.75, 3.05) is 25.9 Å². The normalized spacial score (nSPS) is 26.0. The molecule has 0 spiro atoms. The zero-order valence-corrected chi connectivity index (χ0v) is 13.6. The van der Waals surface area contributed by atoms with Crippen molar-refractivity contribution in [3.05, 3.63) is 0 Å². The molecular formula is C15H30N2O2S. The van der Waals surface area contributed by atoms with Crippen LogP contribution in [0.5, 0.6) is 0 Å². The number of rotatable bonds is 6. The topological polar surface area (TPSA) is 49.4 Å². The standard InChI is InChI=1S/C15H30N2O2S/c1-17(12-10-15-9-5-6-11-16-15)20(18,19)13-14-7-3-2-4-8-14/h14-16H,2-13H2,1H3. The number of piperidine rings is 1. The van der Waals surface area contributed by atoms with Crippen molar-refractivity contribution in [3.63, 3.8) is 0 Å². The van der Waals surface area contributed by atoms with Crippen LogP contribution in [0.1, 0.15) is 57.8 Å². The number of hydrogen-bond donors (Lipinski definition) is 1. The summed E-state index contributed by atoms with van der Waals surface area (Å²) in [6.45, 7) is 1.75. The average Bonchev–Trinajstić information content (AvgIpc) is 2.46. The summed E-state index contributed by atoms with van der Waals surface area (Å²) < 4.78 is 26.3. The molecule has 1 aliphatic carbocycles. The molecule has 2 rings (SSSR count). The maximum absolute atomic E-state index is 12.4. The van der Waals surface area contributed by atoms with Gasteiger partial charge in [-0.15, -0.1) is 0 Å². The Bertz CT molecular complexity index is 371. The minimum Gasteiger partial charge on any atom is -0.314 e. The Morgan fingerprint density at radius 1 is 1.05 bits per heavy atom. The van der Waals surface area contributed by atoms with Gasteiger partial charge in [-0.3, -0.25) is 0 Å². The zero-order chi connectivity index (χ0) is 14.4. The van der Waals surface area contributed by atoms with E-state index in [4.69, 9.17) is 0 Å². The molecule has 4 nitrogen and oxygen atoms in total. The van der Waals surface area contributed by atoms with Crippen molar-refractivity contribution in [1.82, 2.24) is 9.62 Å². The molecular weight excluding hydrogens is 272 g/mol. The maximum Gasteiger partial charge on any atom is 0.214 e. The molecule has 1 saturated heterocycles. The number of sulfonamides is 1. The molecule has 0 aromatic carbocycles. The molecule has 5 heteroatoms. The lowest BCUT2D eigenvalue weighted by Crippen LogP contribution is -2.39. The van der Waals surface area contributed by atoms with Crippen molar-refractivity contribution >= 4 is 10.0 Å². The SMILES string of the molecule is CN(CCC1CCCCN1)S(=O)(=O)CC1CCCCC1. The Balaban J connectivity index is 1.75. The van der Waals surface area contributed by atoms with Crippen LogP contribution in [0.2, 0.25) is 0 Å². The molecule has 1 unspecified atom stereocenters. The lowest BCUT2D eigenvalue weighted by Gasteiger charge is -2.27. The van der Waals surface area contributed by atoms with E-state index in [0.717, 1.165) is 25.8 Å². The van der Waals surface area contributed by atoms with Gasteiger partial charge in [-0.05, 0) is 44.6 Å². The van der Waals surface area contributed by atoms with E-state index in [1.807, 2.05) is 0 Å². The fraction of sp³-hybridized carbons (Fsp3) is 1.00. The summed E-state index contributed by atoms with van der Waals surface area (Å²) in [4.78, 5) is 0. The Morgan fingerprint density at radius 2 is 1.75 bits per heavy atom. The Morgan fingerprint density at radius 3 is 2.40 bits per heavy atom. The highest BCUT2D eigenvalue weighted by atomic mass is 32.2. The van der Waals surface area contributed by atoms with E-state index >= 15 is 0 Å². The van der Waals surface area contributed by atoms with Gasteiger partial charge in [0.25, 0.3) is 0 Å². The third-order valence-electron chi connectivity index (χ3n) is 4.85. The van der Waals surface area contributed by atoms with Crippen LogP contribution in [0.25, 0.3) is 0 Å². The molecule has 0 amide bonds. The molecule has 20 heavy (non-hydrogen) atoms. The molecule has 1 N–H and O–H groups in total. The van der Waals surface area contributed by atoms with Crippen molar-refractivity contribution in [2.24, 2.45) is 5.92 Å². The van der Waals surface area contributed by atoms with Crippen LogP contribution in [-0.4, -0.2) is 44.7 Å². The lowest BCUT2D eigenvalue weighted by atomic mass is 9.91. The van der Waals surface area contributed by atoms with Crippen LogP contribution >= 0.6 is 0 Å². The summed E-state index contributed by atoms with van der Waals surface area (Å²) in [6, 6.07) is 0.510. The van der Waals surface area contributed by atoms with Gasteiger partial charge in [0.2, 0.25) is 10.0 Å². The van der Waals surface area contributed by atoms with E-state index in [0.29, 0.717) is 24.3 Å². The molecule has 0 aromatic heterocycles. The van der Waals surface area contributed by atoms with Crippen LogP contribution in [-0.2, 0) is 10.0 Å². The molecule has 2 fully saturated rings. The molecule has 1 atom stereocenters. The second-order valence-corrected chi connectivity index (χ2v) is 8.66. The summed E-state index contributed by atoms with van der Waals surface area (Å²) in [7, 11) is -1.30. The first kappa shape index (κ1) is 16.2. The number of nitrogens with zero attached hydrogens (tertiary/aromatic N) is 1. The van der Waals surface area contributed by atoms with Gasteiger partial charge in [-0.25, -0.2) is 12.7 Å². The van der Waals surface area contributed by atoms with Crippen LogP contribution < -0.4 is 5.32 Å². The van der Waals surface area contributed by atoms with E-state index in [-0.39, 0.29) is 0 Å². The van der Waals surface area contributed by atoms with Gasteiger partial charge in [-0.1, -0.05) is 25.7 Å². The molecule has 1 heterocycles. The summed E-state index contributed by atoms with van der Waals surface area (Å²) in [5.74, 6) is 0.755. The molecule has 2 aliphatic rings. The molecule has 0 aromatic rings. The molecule has 0 radical (unpaired) electrons. The predicted molar refractivity (Wildman–Crippen MR) is 83.3 cm³/mol. The first-order valence-electron chi connectivity index (χ1n) is 8.25. The van der Waals surface area contributed by atoms with Gasteiger partial charge in [0, 0.05) is 19.6 Å². The van der Waals surface area contributed by atoms with E-state index in [1.165, 1.54) is 38.5 Å². The molecule has 1 aliphatic heterocycles. The minimum atomic E-state index is -3.06. The summed E-state index contributed by atoms with van der Waals surface area (Å²) in [5, 5.41) is 3.49. The monoisotopic (exact) mass is 302 g/mol. The number of nitrogens with one attached hydrogen (secondary N) is 1. The predicted octanol–water partition coefficient (Wildman–Crippen LogP) is 2.36. The van der Waals surface area contributed by atoms with Crippen LogP contribution in [0.3, 0.4) is 0 Å². The Labute approximate surface area is 124 Å². The first-order valence-corrected chi connectivity index (χ1v) is 9.86. The van der Waals surface area contributed by atoms with Gasteiger partial charge in [0.15, 0.2) is 0 Å². The lowest BCUT2D eigenvalue weighted by molar-refractivity contribution is 0.345. The first-order chi connectivity index (χ1) is 9.58. The second-order valence-electron chi connectivity index (χ2n) is 6.54. The van der Waals surface area contributed by atoms with E-state index in [1.54, 1.807) is 11.4 Å². The van der Waals surface area contributed by atoms with Crippen LogP contribution in [0.15, 0.2) is 0 Å². The number of hydrogen-bond acceptors (Lipinski definition) is 3. The quantitative estimate of drug-likeness (QED) is 0.819. The summed E-state index contributed by atoms with van der Waals surface area (Å²) in [5.41, 5.74) is 0. The fourth-order valence-corrected chi connectivity index (χ4v) is 4.99. The largest absolute Gasteiger partial charge is 0.314 e. The smallest absolute Gasteiger partial charge is 0.214 e. The van der Waals surface area contributed by atoms with Gasteiger partial charge in [0.1, 0.15) is 0 Å². The van der Waals surface area contributed by atoms with Gasteiger partial charge >= 0.3 is 0 Å². The molecule has 1 saturated carbocycles. The van der Waals surface area contributed by atoms with Crippen molar-refractivity contribution < 1.29 is 8.42 Å². The Kier molecular flexibility index (Phi) is 6.30. The summed E-state index contributed by atoms with van der Waals surface area (Å²) >= 11 is 0. The van der Waals surface area contributed by atoms with Crippen molar-refractivity contribution in [2.45, 2.75) is 63.8 Å². The molecule has 118 valence electrons. The van der Waals surface area contributed by atoms with E-state index < -0.39 is 10.0 Å². The maximum atomic E-state index is 12.4. The highest BCUT2D eigenvalue weighted by Gasteiger charge is 2.25. The highest BCUT2D eigenvalue weighted by molar-refractivity contribution is 7.89. The fourth-order valence-electron chi connectivity index (χ4n) is 3.43. The van der Waals surface area contributed by atoms with Gasteiger partial charge < -0.3 is 5.32 Å². The van der Waals surface area contributed by atoms with Gasteiger partial charge in [0.05, 0.1) is 5.75 Å². The Hall–Kier alpha value is -0.130. The zero-order valence-electron chi connectivity index (χ0n) is 12.8. The van der Waals surface area contributed by atoms with Crippen LogP contribution in [0, 0.1) is 5.92 Å². The molecule has 0 bridgehead atoms. The minimum absolute atomic E-state index is 0.363. The van der Waals surface area contributed by atoms with E-state index in [2.05, 4.69) is 5.32 Å². The van der Waals surface area contributed by atoms with Crippen molar-refractivity contribution in [3.8, 4) is 0 Å². The second kappa shape index (κ2) is 7.76. The third-order valence-corrected chi connectivity index (χ3v) is 6.88. The van der Waals surface area contributed by atoms with Crippen LogP contribution in [0.4, 0.5) is 0 Å². The summed E-state index contributed by atoms with van der Waals surface area (Å²) in [6.07, 6.45) is 10.5. The average molecular weight is 302 g/mol. The van der Waals surface area contributed by atoms with Gasteiger partial charge in [-0.2, -0.15) is 0 Å². The van der Waals surface area contributed by atoms with Crippen molar-refractivity contribution in [1.29, 1.82) is 0 Å². The highest BCUT2D eigenvalue weighted by Crippen LogP contribution is 2.25. The van der Waals surface area contributed by atoms with E-state index in [9.17, 15) is 8.42 Å².